The first kappa shape index (κ1) is 19.4. The van der Waals surface area contributed by atoms with Gasteiger partial charge in [0.2, 0.25) is 0 Å². The zero-order valence-electron chi connectivity index (χ0n) is 16.9. The van der Waals surface area contributed by atoms with Gasteiger partial charge in [0.15, 0.2) is 11.5 Å². The molecule has 7 nitrogen and oxygen atoms in total. The lowest BCUT2D eigenvalue weighted by molar-refractivity contribution is 0.0934. The summed E-state index contributed by atoms with van der Waals surface area (Å²) >= 11 is 0. The molecule has 1 fully saturated rings. The molecule has 2 aromatic rings. The molecule has 0 bridgehead atoms. The van der Waals surface area contributed by atoms with Crippen molar-refractivity contribution >= 4 is 17.8 Å². The third-order valence-corrected chi connectivity index (χ3v) is 5.95. The van der Waals surface area contributed by atoms with E-state index in [1.165, 1.54) is 23.5 Å². The van der Waals surface area contributed by atoms with Gasteiger partial charge in [-0.15, -0.1) is 0 Å². The van der Waals surface area contributed by atoms with Gasteiger partial charge in [0.1, 0.15) is 0 Å². The molecule has 0 spiro atoms. The van der Waals surface area contributed by atoms with Gasteiger partial charge in [-0.2, -0.15) is 0 Å². The van der Waals surface area contributed by atoms with Crippen molar-refractivity contribution in [3.8, 4) is 0 Å². The Morgan fingerprint density at radius 3 is 2.28 bits per heavy atom. The van der Waals surface area contributed by atoms with E-state index in [2.05, 4.69) is 46.6 Å². The van der Waals surface area contributed by atoms with E-state index in [-0.39, 0.29) is 41.6 Å². The van der Waals surface area contributed by atoms with Crippen LogP contribution in [0.4, 0.5) is 10.6 Å². The van der Waals surface area contributed by atoms with Crippen molar-refractivity contribution in [2.75, 3.05) is 5.32 Å². The number of hydrogen-bond donors (Lipinski definition) is 2. The molecular weight excluding hydrogens is 366 g/mol. The van der Waals surface area contributed by atoms with Gasteiger partial charge in [0, 0.05) is 30.5 Å². The summed E-state index contributed by atoms with van der Waals surface area (Å²) in [5.74, 6) is -0.110. The number of amides is 3. The van der Waals surface area contributed by atoms with Crippen LogP contribution in [0.5, 0.6) is 0 Å². The van der Waals surface area contributed by atoms with E-state index in [0.717, 1.165) is 32.1 Å². The van der Waals surface area contributed by atoms with Crippen LogP contribution in [0.1, 0.15) is 54.7 Å². The van der Waals surface area contributed by atoms with Gasteiger partial charge in [-0.1, -0.05) is 24.3 Å². The van der Waals surface area contributed by atoms with Crippen LogP contribution in [0.25, 0.3) is 0 Å². The summed E-state index contributed by atoms with van der Waals surface area (Å²) in [4.78, 5) is 36.0. The maximum absolute atomic E-state index is 12.9. The SMILES string of the molecule is CC1CCCC(C)N1C(=O)Nc1nccnc1C(=O)NC1Cc2ccccc2C1. The Labute approximate surface area is 170 Å². The van der Waals surface area contributed by atoms with Gasteiger partial charge in [0.25, 0.3) is 5.91 Å². The minimum Gasteiger partial charge on any atom is -0.347 e. The number of aromatic nitrogens is 2. The zero-order chi connectivity index (χ0) is 20.4. The van der Waals surface area contributed by atoms with E-state index >= 15 is 0 Å². The fourth-order valence-corrected chi connectivity index (χ4v) is 4.50. The number of anilines is 1. The monoisotopic (exact) mass is 393 g/mol. The molecule has 0 radical (unpaired) electrons. The molecule has 1 aliphatic heterocycles. The molecule has 1 saturated heterocycles. The number of fused-ring (bicyclic) bond motifs is 1. The van der Waals surface area contributed by atoms with Crippen LogP contribution < -0.4 is 10.6 Å². The number of rotatable bonds is 3. The molecule has 1 aromatic carbocycles. The number of hydrogen-bond acceptors (Lipinski definition) is 4. The van der Waals surface area contributed by atoms with Gasteiger partial charge in [-0.3, -0.25) is 10.1 Å². The van der Waals surface area contributed by atoms with Crippen LogP contribution in [-0.4, -0.2) is 44.9 Å². The topological polar surface area (TPSA) is 87.2 Å². The summed E-state index contributed by atoms with van der Waals surface area (Å²) in [6.45, 7) is 4.11. The summed E-state index contributed by atoms with van der Waals surface area (Å²) < 4.78 is 0. The van der Waals surface area contributed by atoms with Crippen molar-refractivity contribution in [1.29, 1.82) is 0 Å². The fourth-order valence-electron chi connectivity index (χ4n) is 4.50. The second-order valence-electron chi connectivity index (χ2n) is 8.07. The lowest BCUT2D eigenvalue weighted by Crippen LogP contribution is -2.49. The molecule has 0 saturated carbocycles. The molecular formula is C22H27N5O2. The van der Waals surface area contributed by atoms with E-state index < -0.39 is 0 Å². The molecule has 2 aliphatic rings. The van der Waals surface area contributed by atoms with Gasteiger partial charge in [-0.25, -0.2) is 14.8 Å². The Balaban J connectivity index is 1.45. The normalized spacial score (nSPS) is 21.5. The predicted molar refractivity (Wildman–Crippen MR) is 111 cm³/mol. The van der Waals surface area contributed by atoms with Crippen LogP contribution in [0.15, 0.2) is 36.7 Å². The number of likely N-dealkylation sites (tertiary alicyclic amines) is 1. The van der Waals surface area contributed by atoms with E-state index in [9.17, 15) is 9.59 Å². The van der Waals surface area contributed by atoms with Crippen molar-refractivity contribution in [3.05, 3.63) is 53.5 Å². The van der Waals surface area contributed by atoms with E-state index in [1.807, 2.05) is 17.0 Å². The Hall–Kier alpha value is -2.96. The molecule has 1 aliphatic carbocycles. The van der Waals surface area contributed by atoms with Crippen LogP contribution in [0.3, 0.4) is 0 Å². The average Bonchev–Trinajstić information content (AvgIpc) is 3.10. The number of nitrogens with zero attached hydrogens (tertiary/aromatic N) is 3. The van der Waals surface area contributed by atoms with Gasteiger partial charge < -0.3 is 10.2 Å². The maximum Gasteiger partial charge on any atom is 0.323 e. The Kier molecular flexibility index (Phi) is 5.47. The highest BCUT2D eigenvalue weighted by molar-refractivity contribution is 6.01. The fraction of sp³-hybridized carbons (Fsp3) is 0.455. The first-order chi connectivity index (χ1) is 14.0. The second kappa shape index (κ2) is 8.19. The van der Waals surface area contributed by atoms with Crippen molar-refractivity contribution in [1.82, 2.24) is 20.2 Å². The number of urea groups is 1. The highest BCUT2D eigenvalue weighted by Crippen LogP contribution is 2.24. The van der Waals surface area contributed by atoms with Crippen molar-refractivity contribution in [3.63, 3.8) is 0 Å². The largest absolute Gasteiger partial charge is 0.347 e. The second-order valence-corrected chi connectivity index (χ2v) is 8.07. The van der Waals surface area contributed by atoms with Crippen molar-refractivity contribution < 1.29 is 9.59 Å². The summed E-state index contributed by atoms with van der Waals surface area (Å²) in [6, 6.07) is 8.32. The van der Waals surface area contributed by atoms with Crippen LogP contribution in [0.2, 0.25) is 0 Å². The quantitative estimate of drug-likeness (QED) is 0.839. The van der Waals surface area contributed by atoms with E-state index in [0.29, 0.717) is 0 Å². The highest BCUT2D eigenvalue weighted by atomic mass is 16.2. The Morgan fingerprint density at radius 2 is 1.62 bits per heavy atom. The number of piperidine rings is 1. The Morgan fingerprint density at radius 1 is 1.00 bits per heavy atom. The minimum atomic E-state index is -0.314. The third-order valence-electron chi connectivity index (χ3n) is 5.95. The lowest BCUT2D eigenvalue weighted by Gasteiger charge is -2.38. The molecule has 7 heteroatoms. The van der Waals surface area contributed by atoms with Crippen molar-refractivity contribution in [2.24, 2.45) is 0 Å². The first-order valence-corrected chi connectivity index (χ1v) is 10.3. The molecule has 29 heavy (non-hydrogen) atoms. The number of benzene rings is 1. The minimum absolute atomic E-state index is 0.0209. The van der Waals surface area contributed by atoms with E-state index in [1.54, 1.807) is 0 Å². The van der Waals surface area contributed by atoms with Gasteiger partial charge in [-0.05, 0) is 57.1 Å². The first-order valence-electron chi connectivity index (χ1n) is 10.3. The maximum atomic E-state index is 12.9. The van der Waals surface area contributed by atoms with Crippen LogP contribution >= 0.6 is 0 Å². The molecule has 2 heterocycles. The van der Waals surface area contributed by atoms with E-state index in [4.69, 9.17) is 0 Å². The number of nitrogens with one attached hydrogen (secondary N) is 2. The lowest BCUT2D eigenvalue weighted by atomic mass is 9.98. The summed E-state index contributed by atoms with van der Waals surface area (Å²) in [7, 11) is 0. The molecule has 2 unspecified atom stereocenters. The predicted octanol–water partition coefficient (Wildman–Crippen LogP) is 3.17. The average molecular weight is 393 g/mol. The zero-order valence-corrected chi connectivity index (χ0v) is 16.9. The number of carbonyl (C=O) groups excluding carboxylic acids is 2. The van der Waals surface area contributed by atoms with Gasteiger partial charge >= 0.3 is 6.03 Å². The standard InChI is InChI=1S/C22H27N5O2/c1-14-6-5-7-15(2)27(14)22(29)26-20-19(23-10-11-24-20)21(28)25-18-12-16-8-3-4-9-17(16)13-18/h3-4,8-11,14-15,18H,5-7,12-13H2,1-2H3,(H,25,28)(H,24,26,29). The smallest absolute Gasteiger partial charge is 0.323 e. The summed E-state index contributed by atoms with van der Waals surface area (Å²) in [5, 5.41) is 5.86. The summed E-state index contributed by atoms with van der Waals surface area (Å²) in [6.07, 6.45) is 7.64. The molecule has 1 aromatic heterocycles. The van der Waals surface area contributed by atoms with Crippen LogP contribution in [-0.2, 0) is 12.8 Å². The molecule has 2 atom stereocenters. The Bertz CT molecular complexity index is 881. The van der Waals surface area contributed by atoms with Crippen molar-refractivity contribution in [2.45, 2.75) is 64.1 Å². The number of carbonyl (C=O) groups is 2. The summed E-state index contributed by atoms with van der Waals surface area (Å²) in [5.41, 5.74) is 2.67. The van der Waals surface area contributed by atoms with Gasteiger partial charge in [0.05, 0.1) is 0 Å². The molecule has 3 amide bonds. The third kappa shape index (κ3) is 4.09. The van der Waals surface area contributed by atoms with Crippen LogP contribution in [0, 0.1) is 0 Å². The molecule has 152 valence electrons. The highest BCUT2D eigenvalue weighted by Gasteiger charge is 2.30. The molecule has 4 rings (SSSR count). The molecule has 2 N–H and O–H groups in total.